The number of carbonyl (C=O) groups excluding carboxylic acids is 1. The maximum absolute atomic E-state index is 12.6. The highest BCUT2D eigenvalue weighted by molar-refractivity contribution is 5.75. The van der Waals surface area contributed by atoms with Gasteiger partial charge in [0.15, 0.2) is 6.61 Å². The Kier molecular flexibility index (Phi) is 13.8. The normalized spacial score (nSPS) is 12.1. The van der Waals surface area contributed by atoms with Gasteiger partial charge in [-0.1, -0.05) is 91.0 Å². The van der Waals surface area contributed by atoms with Crippen molar-refractivity contribution in [2.45, 2.75) is 121 Å². The number of ether oxygens (including phenoxy) is 2. The standard InChI is InChI=1S/C62H68O6/c1-33-27-51(37(5)41(9)58(33)64)56(52-28-34(2)59(65)42(10)38(52)6)47-23-19-45(20-24-47)49-17-16-18-50(31-49)46-21-25-48(26-22-46)57(53-29-35(3)60(66)43(11)39(53)7)54-30-36(4)61(44(12)40(54)8)67-32-55(63)68-62(13,14)15/h16-31,56-57,64-66H,32H2,1-15H3. The number of benzene rings is 7. The first-order valence-electron chi connectivity index (χ1n) is 23.6. The van der Waals surface area contributed by atoms with Crippen molar-refractivity contribution in [3.8, 4) is 45.3 Å². The van der Waals surface area contributed by atoms with Crippen LogP contribution in [-0.2, 0) is 9.53 Å². The smallest absolute Gasteiger partial charge is 0.344 e. The van der Waals surface area contributed by atoms with Gasteiger partial charge in [0.05, 0.1) is 0 Å². The van der Waals surface area contributed by atoms with E-state index in [1.54, 1.807) is 0 Å². The van der Waals surface area contributed by atoms with Crippen LogP contribution in [0.15, 0.2) is 97.1 Å². The number of phenolic OH excluding ortho intramolecular Hbond substituents is 3. The summed E-state index contributed by atoms with van der Waals surface area (Å²) in [7, 11) is 0. The molecule has 7 rings (SSSR count). The van der Waals surface area contributed by atoms with E-state index >= 15 is 0 Å². The third-order valence-electron chi connectivity index (χ3n) is 14.4. The van der Waals surface area contributed by atoms with Crippen molar-refractivity contribution in [1.29, 1.82) is 0 Å². The van der Waals surface area contributed by atoms with Crippen LogP contribution in [0.4, 0.5) is 0 Å². The summed E-state index contributed by atoms with van der Waals surface area (Å²) in [4.78, 5) is 12.6. The summed E-state index contributed by atoms with van der Waals surface area (Å²) in [6, 6.07) is 34.9. The number of esters is 1. The molecule has 352 valence electrons. The molecule has 0 heterocycles. The minimum atomic E-state index is -0.602. The molecule has 1 unspecified atom stereocenters. The van der Waals surface area contributed by atoms with Crippen LogP contribution < -0.4 is 4.74 Å². The maximum atomic E-state index is 12.6. The van der Waals surface area contributed by atoms with Gasteiger partial charge < -0.3 is 24.8 Å². The van der Waals surface area contributed by atoms with E-state index in [9.17, 15) is 20.1 Å². The molecular weight excluding hydrogens is 841 g/mol. The molecule has 0 aromatic heterocycles. The third-order valence-corrected chi connectivity index (χ3v) is 14.4. The molecule has 0 bridgehead atoms. The van der Waals surface area contributed by atoms with Crippen LogP contribution in [0.3, 0.4) is 0 Å². The van der Waals surface area contributed by atoms with Gasteiger partial charge in [0, 0.05) is 11.8 Å². The molecule has 6 nitrogen and oxygen atoms in total. The highest BCUT2D eigenvalue weighted by Gasteiger charge is 2.28. The zero-order valence-electron chi connectivity index (χ0n) is 42.7. The van der Waals surface area contributed by atoms with E-state index in [1.165, 1.54) is 0 Å². The van der Waals surface area contributed by atoms with Gasteiger partial charge in [-0.25, -0.2) is 4.79 Å². The number of hydrogen-bond acceptors (Lipinski definition) is 6. The summed E-state index contributed by atoms with van der Waals surface area (Å²) < 4.78 is 11.7. The van der Waals surface area contributed by atoms with Crippen molar-refractivity contribution >= 4 is 5.97 Å². The number of phenols is 3. The number of aryl methyl sites for hydroxylation is 4. The Morgan fingerprint density at radius 1 is 0.441 bits per heavy atom. The van der Waals surface area contributed by atoms with Crippen molar-refractivity contribution in [3.05, 3.63) is 197 Å². The Bertz CT molecular complexity index is 3010. The number of rotatable bonds is 11. The van der Waals surface area contributed by atoms with Crippen LogP contribution in [0.5, 0.6) is 23.0 Å². The fourth-order valence-electron chi connectivity index (χ4n) is 9.98. The maximum Gasteiger partial charge on any atom is 0.344 e. The average Bonchev–Trinajstić information content (AvgIpc) is 3.30. The van der Waals surface area contributed by atoms with Crippen LogP contribution in [0.25, 0.3) is 22.3 Å². The van der Waals surface area contributed by atoms with E-state index in [-0.39, 0.29) is 18.4 Å². The Labute approximate surface area is 404 Å². The fourth-order valence-corrected chi connectivity index (χ4v) is 9.98. The zero-order valence-corrected chi connectivity index (χ0v) is 42.7. The highest BCUT2D eigenvalue weighted by Crippen LogP contribution is 2.45. The second-order valence-corrected chi connectivity index (χ2v) is 20.1. The van der Waals surface area contributed by atoms with Crippen molar-refractivity contribution in [1.82, 2.24) is 0 Å². The van der Waals surface area contributed by atoms with Gasteiger partial charge >= 0.3 is 5.97 Å². The minimum Gasteiger partial charge on any atom is -0.507 e. The molecule has 0 saturated heterocycles. The Morgan fingerprint density at radius 3 is 1.13 bits per heavy atom. The number of carbonyl (C=O) groups is 1. The summed E-state index contributed by atoms with van der Waals surface area (Å²) in [6.45, 7) is 29.6. The summed E-state index contributed by atoms with van der Waals surface area (Å²) in [5.74, 6) is 0.996. The molecule has 0 fully saturated rings. The van der Waals surface area contributed by atoms with E-state index in [4.69, 9.17) is 9.47 Å². The van der Waals surface area contributed by atoms with Gasteiger partial charge in [-0.15, -0.1) is 0 Å². The number of aromatic hydroxyl groups is 3. The molecule has 68 heavy (non-hydrogen) atoms. The Morgan fingerprint density at radius 2 is 0.779 bits per heavy atom. The quantitative estimate of drug-likeness (QED) is 0.0884. The van der Waals surface area contributed by atoms with E-state index < -0.39 is 11.6 Å². The van der Waals surface area contributed by atoms with Gasteiger partial charge in [-0.3, -0.25) is 0 Å². The van der Waals surface area contributed by atoms with E-state index in [0.29, 0.717) is 23.0 Å². The predicted molar refractivity (Wildman–Crippen MR) is 278 cm³/mol. The summed E-state index contributed by atoms with van der Waals surface area (Å²) >= 11 is 0. The molecule has 7 aromatic rings. The lowest BCUT2D eigenvalue weighted by atomic mass is 9.78. The predicted octanol–water partition coefficient (Wildman–Crippen LogP) is 14.9. The van der Waals surface area contributed by atoms with Gasteiger partial charge in [0.1, 0.15) is 28.6 Å². The molecule has 6 heteroatoms. The first kappa shape index (κ1) is 49.1. The first-order valence-corrected chi connectivity index (χ1v) is 23.6. The second kappa shape index (κ2) is 19.1. The van der Waals surface area contributed by atoms with Crippen molar-refractivity contribution in [2.75, 3.05) is 6.61 Å². The topological polar surface area (TPSA) is 96.2 Å². The molecule has 1 atom stereocenters. The van der Waals surface area contributed by atoms with Crippen molar-refractivity contribution in [3.63, 3.8) is 0 Å². The lowest BCUT2D eigenvalue weighted by Gasteiger charge is -2.27. The van der Waals surface area contributed by atoms with Gasteiger partial charge in [-0.2, -0.15) is 0 Å². The molecule has 0 aliphatic heterocycles. The van der Waals surface area contributed by atoms with Gasteiger partial charge in [-0.05, 0) is 232 Å². The fraction of sp³-hybridized carbons (Fsp3) is 0.306. The van der Waals surface area contributed by atoms with Gasteiger partial charge in [0.25, 0.3) is 0 Å². The van der Waals surface area contributed by atoms with E-state index in [1.807, 2.05) is 76.2 Å². The Balaban J connectivity index is 1.25. The van der Waals surface area contributed by atoms with Crippen LogP contribution in [-0.4, -0.2) is 33.5 Å². The van der Waals surface area contributed by atoms with Gasteiger partial charge in [0.2, 0.25) is 0 Å². The monoisotopic (exact) mass is 909 g/mol. The van der Waals surface area contributed by atoms with Crippen molar-refractivity contribution < 1.29 is 29.6 Å². The lowest BCUT2D eigenvalue weighted by Crippen LogP contribution is -2.27. The minimum absolute atomic E-state index is 0.112. The first-order chi connectivity index (χ1) is 32.0. The average molecular weight is 909 g/mol. The zero-order chi connectivity index (χ0) is 49.7. The Hall–Kier alpha value is -6.79. The molecule has 0 saturated carbocycles. The SMILES string of the molecule is Cc1cc(C(c2ccc(-c3cccc(-c4ccc(C(c5cc(C)c(O)c(C)c5C)c5cc(C)c(OCC(=O)OC(C)(C)C)c(C)c5C)cc4)c3)cc2)c2cc(C)c(O)c(C)c2C)c(C)c(C)c1O. The molecule has 7 aromatic carbocycles. The molecule has 0 spiro atoms. The third kappa shape index (κ3) is 9.51. The molecular formula is C62H68O6. The summed E-state index contributed by atoms with van der Waals surface area (Å²) in [5.41, 5.74) is 21.8. The number of hydrogen-bond donors (Lipinski definition) is 3. The largest absolute Gasteiger partial charge is 0.507 e. The molecule has 0 aliphatic rings. The molecule has 0 aliphatic carbocycles. The van der Waals surface area contributed by atoms with E-state index in [2.05, 4.69) is 125 Å². The highest BCUT2D eigenvalue weighted by atomic mass is 16.6. The lowest BCUT2D eigenvalue weighted by molar-refractivity contribution is -0.157. The van der Waals surface area contributed by atoms with Crippen LogP contribution in [0.2, 0.25) is 0 Å². The van der Waals surface area contributed by atoms with Crippen LogP contribution in [0, 0.1) is 83.1 Å². The summed E-state index contributed by atoms with van der Waals surface area (Å²) in [5, 5.41) is 32.8. The second-order valence-electron chi connectivity index (χ2n) is 20.1. The van der Waals surface area contributed by atoms with E-state index in [0.717, 1.165) is 122 Å². The summed E-state index contributed by atoms with van der Waals surface area (Å²) in [6.07, 6.45) is 0. The molecule has 0 radical (unpaired) electrons. The molecule has 0 amide bonds. The van der Waals surface area contributed by atoms with Crippen LogP contribution in [0.1, 0.15) is 133 Å². The van der Waals surface area contributed by atoms with Crippen molar-refractivity contribution in [2.24, 2.45) is 0 Å². The van der Waals surface area contributed by atoms with Crippen LogP contribution >= 0.6 is 0 Å². The molecule has 3 N–H and O–H groups in total.